The van der Waals surface area contributed by atoms with E-state index in [0.717, 1.165) is 10.9 Å². The van der Waals surface area contributed by atoms with E-state index in [9.17, 15) is 9.59 Å². The maximum Gasteiger partial charge on any atom is 0.256 e. The molecular formula is C15H19N3O3. The summed E-state index contributed by atoms with van der Waals surface area (Å²) in [4.78, 5) is 24.3. The van der Waals surface area contributed by atoms with Gasteiger partial charge in [0, 0.05) is 25.8 Å². The lowest BCUT2D eigenvalue weighted by Gasteiger charge is -2.12. The third-order valence-electron chi connectivity index (χ3n) is 3.23. The Kier molecular flexibility index (Phi) is 5.08. The van der Waals surface area contributed by atoms with Gasteiger partial charge >= 0.3 is 0 Å². The summed E-state index contributed by atoms with van der Waals surface area (Å²) < 4.78 is 6.33. The number of methoxy groups -OCH3 is 1. The van der Waals surface area contributed by atoms with Crippen LogP contribution in [0.4, 0.5) is 0 Å². The fourth-order valence-electron chi connectivity index (χ4n) is 2.18. The molecule has 0 saturated carbocycles. The molecule has 6 heteroatoms. The van der Waals surface area contributed by atoms with Crippen LogP contribution in [0.3, 0.4) is 0 Å². The average Bonchev–Trinajstić information content (AvgIpc) is 2.50. The molecule has 1 aromatic heterocycles. The smallest absolute Gasteiger partial charge is 0.256 e. The minimum Gasteiger partial charge on any atom is -0.383 e. The van der Waals surface area contributed by atoms with Crippen LogP contribution < -0.4 is 16.6 Å². The lowest BCUT2D eigenvalue weighted by molar-refractivity contribution is -0.121. The number of nitrogens with one attached hydrogen (secondary N) is 1. The average molecular weight is 289 g/mol. The number of nitrogens with zero attached hydrogens (tertiary/aromatic N) is 1. The normalized spacial score (nSPS) is 10.8. The molecule has 1 aromatic carbocycles. The Morgan fingerprint density at radius 3 is 2.86 bits per heavy atom. The van der Waals surface area contributed by atoms with Gasteiger partial charge in [0.2, 0.25) is 5.91 Å². The van der Waals surface area contributed by atoms with Gasteiger partial charge in [-0.2, -0.15) is 0 Å². The van der Waals surface area contributed by atoms with Crippen molar-refractivity contribution >= 4 is 16.8 Å². The highest BCUT2D eigenvalue weighted by Crippen LogP contribution is 2.13. The van der Waals surface area contributed by atoms with E-state index in [1.54, 1.807) is 13.2 Å². The van der Waals surface area contributed by atoms with Crippen molar-refractivity contribution in [3.05, 3.63) is 46.2 Å². The third kappa shape index (κ3) is 3.48. The number of aromatic nitrogens is 1. The Balaban J connectivity index is 2.35. The molecule has 112 valence electrons. The lowest BCUT2D eigenvalue weighted by atomic mass is 10.1. The first-order chi connectivity index (χ1) is 10.2. The summed E-state index contributed by atoms with van der Waals surface area (Å²) in [5, 5.41) is 3.60. The van der Waals surface area contributed by atoms with Gasteiger partial charge in [-0.05, 0) is 17.5 Å². The number of benzene rings is 1. The molecule has 6 nitrogen and oxygen atoms in total. The maximum atomic E-state index is 12.4. The standard InChI is InChI=1S/C15H19N3O3/c1-21-7-6-17-14(19)10-18-13-5-3-2-4-11(13)8-12(9-16)15(18)20/h2-5,8H,6-7,9-10,16H2,1H3,(H,17,19). The van der Waals surface area contributed by atoms with Crippen LogP contribution in [0.5, 0.6) is 0 Å². The molecule has 0 unspecified atom stereocenters. The first-order valence-corrected chi connectivity index (χ1v) is 6.74. The molecule has 0 aliphatic carbocycles. The second-order valence-electron chi connectivity index (χ2n) is 4.67. The number of nitrogens with two attached hydrogens (primary N) is 1. The molecule has 0 spiro atoms. The molecular weight excluding hydrogens is 270 g/mol. The van der Waals surface area contributed by atoms with Crippen LogP contribution in [0.2, 0.25) is 0 Å². The van der Waals surface area contributed by atoms with E-state index in [4.69, 9.17) is 10.5 Å². The third-order valence-corrected chi connectivity index (χ3v) is 3.23. The first-order valence-electron chi connectivity index (χ1n) is 6.74. The summed E-state index contributed by atoms with van der Waals surface area (Å²) >= 11 is 0. The Bertz CT molecular complexity index is 694. The van der Waals surface area contributed by atoms with Crippen LogP contribution in [-0.2, 0) is 22.6 Å². The molecule has 2 aromatic rings. The molecule has 0 aliphatic rings. The van der Waals surface area contributed by atoms with E-state index in [0.29, 0.717) is 18.7 Å². The molecule has 0 saturated heterocycles. The fraction of sp³-hybridized carbons (Fsp3) is 0.333. The second-order valence-corrected chi connectivity index (χ2v) is 4.67. The Hall–Kier alpha value is -2.18. The van der Waals surface area contributed by atoms with Crippen molar-refractivity contribution in [3.63, 3.8) is 0 Å². The van der Waals surface area contributed by atoms with E-state index in [2.05, 4.69) is 5.32 Å². The fourth-order valence-corrected chi connectivity index (χ4v) is 2.18. The van der Waals surface area contributed by atoms with Crippen molar-refractivity contribution in [3.8, 4) is 0 Å². The number of amides is 1. The van der Waals surface area contributed by atoms with E-state index in [1.807, 2.05) is 24.3 Å². The van der Waals surface area contributed by atoms with Crippen LogP contribution in [0, 0.1) is 0 Å². The zero-order chi connectivity index (χ0) is 15.2. The monoisotopic (exact) mass is 289 g/mol. The van der Waals surface area contributed by atoms with Crippen molar-refractivity contribution in [1.82, 2.24) is 9.88 Å². The summed E-state index contributed by atoms with van der Waals surface area (Å²) in [6, 6.07) is 9.21. The van der Waals surface area contributed by atoms with Crippen LogP contribution in [0.15, 0.2) is 35.1 Å². The van der Waals surface area contributed by atoms with Gasteiger partial charge in [-0.3, -0.25) is 14.2 Å². The summed E-state index contributed by atoms with van der Waals surface area (Å²) in [5.74, 6) is -0.228. The topological polar surface area (TPSA) is 86.3 Å². The molecule has 1 heterocycles. The quantitative estimate of drug-likeness (QED) is 0.745. The number of pyridine rings is 1. The predicted molar refractivity (Wildman–Crippen MR) is 81.0 cm³/mol. The highest BCUT2D eigenvalue weighted by atomic mass is 16.5. The minimum atomic E-state index is -0.228. The Labute approximate surface area is 122 Å². The summed E-state index contributed by atoms with van der Waals surface area (Å²) in [6.45, 7) is 0.967. The van der Waals surface area contributed by atoms with Gasteiger partial charge in [-0.15, -0.1) is 0 Å². The number of carbonyl (C=O) groups is 1. The number of carbonyl (C=O) groups excluding carboxylic acids is 1. The van der Waals surface area contributed by atoms with Gasteiger partial charge in [0.15, 0.2) is 0 Å². The highest BCUT2D eigenvalue weighted by Gasteiger charge is 2.11. The largest absolute Gasteiger partial charge is 0.383 e. The molecule has 1 amide bonds. The molecule has 0 fully saturated rings. The van der Waals surface area contributed by atoms with Crippen LogP contribution in [-0.4, -0.2) is 30.7 Å². The molecule has 2 rings (SSSR count). The number of para-hydroxylation sites is 1. The van der Waals surface area contributed by atoms with Gasteiger partial charge in [-0.25, -0.2) is 0 Å². The predicted octanol–water partition coefficient (Wildman–Crippen LogP) is 0.223. The van der Waals surface area contributed by atoms with Gasteiger partial charge in [-0.1, -0.05) is 18.2 Å². The molecule has 0 atom stereocenters. The van der Waals surface area contributed by atoms with E-state index < -0.39 is 0 Å². The summed E-state index contributed by atoms with van der Waals surface area (Å²) in [5.41, 5.74) is 6.61. The highest BCUT2D eigenvalue weighted by molar-refractivity contribution is 5.82. The van der Waals surface area contributed by atoms with Crippen molar-refractivity contribution in [2.45, 2.75) is 13.1 Å². The van der Waals surface area contributed by atoms with Crippen molar-refractivity contribution < 1.29 is 9.53 Å². The van der Waals surface area contributed by atoms with Gasteiger partial charge in [0.1, 0.15) is 6.54 Å². The van der Waals surface area contributed by atoms with Crippen molar-refractivity contribution in [1.29, 1.82) is 0 Å². The molecule has 0 bridgehead atoms. The number of fused-ring (bicyclic) bond motifs is 1. The zero-order valence-corrected chi connectivity index (χ0v) is 12.0. The molecule has 3 N–H and O–H groups in total. The SMILES string of the molecule is COCCNC(=O)Cn1c(=O)c(CN)cc2ccccc21. The Morgan fingerprint density at radius 2 is 2.14 bits per heavy atom. The van der Waals surface area contributed by atoms with Crippen molar-refractivity contribution in [2.75, 3.05) is 20.3 Å². The minimum absolute atomic E-state index is 0.0309. The molecule has 0 radical (unpaired) electrons. The van der Waals surface area contributed by atoms with Crippen LogP contribution >= 0.6 is 0 Å². The number of rotatable bonds is 6. The summed E-state index contributed by atoms with van der Waals surface area (Å²) in [6.07, 6.45) is 0. The lowest BCUT2D eigenvalue weighted by Crippen LogP contribution is -2.35. The second kappa shape index (κ2) is 7.01. The van der Waals surface area contributed by atoms with Crippen LogP contribution in [0.1, 0.15) is 5.56 Å². The molecule has 21 heavy (non-hydrogen) atoms. The summed E-state index contributed by atoms with van der Waals surface area (Å²) in [7, 11) is 1.56. The number of hydrogen-bond acceptors (Lipinski definition) is 4. The van der Waals surface area contributed by atoms with Crippen molar-refractivity contribution in [2.24, 2.45) is 5.73 Å². The Morgan fingerprint density at radius 1 is 1.38 bits per heavy atom. The van der Waals surface area contributed by atoms with E-state index >= 15 is 0 Å². The number of hydrogen-bond donors (Lipinski definition) is 2. The first kappa shape index (κ1) is 15.2. The number of ether oxygens (including phenoxy) is 1. The van der Waals surface area contributed by atoms with E-state index in [1.165, 1.54) is 4.57 Å². The van der Waals surface area contributed by atoms with Gasteiger partial charge < -0.3 is 15.8 Å². The van der Waals surface area contributed by atoms with Crippen LogP contribution in [0.25, 0.3) is 10.9 Å². The molecule has 0 aliphatic heterocycles. The van der Waals surface area contributed by atoms with Gasteiger partial charge in [0.05, 0.1) is 12.1 Å². The zero-order valence-electron chi connectivity index (χ0n) is 12.0. The van der Waals surface area contributed by atoms with Gasteiger partial charge in [0.25, 0.3) is 5.56 Å². The maximum absolute atomic E-state index is 12.4. The van der Waals surface area contributed by atoms with E-state index in [-0.39, 0.29) is 24.6 Å².